The number of carbonyl (C=O) groups excluding carboxylic acids is 2. The van der Waals surface area contributed by atoms with Gasteiger partial charge in [0.25, 0.3) is 0 Å². The summed E-state index contributed by atoms with van der Waals surface area (Å²) in [6, 6.07) is 0. The van der Waals surface area contributed by atoms with Crippen LogP contribution in [-0.2, 0) is 9.53 Å². The Kier molecular flexibility index (Phi) is 6.49. The molecule has 8 heteroatoms. The number of thioether (sulfide) groups is 1. The first kappa shape index (κ1) is 19.6. The van der Waals surface area contributed by atoms with Crippen LogP contribution in [0.1, 0.15) is 40.0 Å². The maximum absolute atomic E-state index is 12.2. The zero-order valence-corrected chi connectivity index (χ0v) is 23.7. The molecule has 126 valence electrons. The van der Waals surface area contributed by atoms with E-state index in [4.69, 9.17) is 4.74 Å². The average molecular weight is 553 g/mol. The second-order valence-electron chi connectivity index (χ2n) is 7.42. The molecule has 0 aliphatic carbocycles. The zero-order valence-electron chi connectivity index (χ0n) is 14.6. The zero-order chi connectivity index (χ0) is 17.3. The van der Waals surface area contributed by atoms with Gasteiger partial charge in [0.15, 0.2) is 0 Å². The van der Waals surface area contributed by atoms with E-state index in [9.17, 15) is 9.59 Å². The number of amidine groups is 1. The topological polar surface area (TPSA) is 71.0 Å². The molecule has 2 aliphatic heterocycles. The number of aliphatic imine (C=N–C) groups is 1. The van der Waals surface area contributed by atoms with E-state index in [1.165, 1.54) is 0 Å². The molecule has 2 rings (SSSR count). The van der Waals surface area contributed by atoms with Gasteiger partial charge in [-0.05, 0) is 0 Å². The molecule has 0 aromatic heterocycles. The van der Waals surface area contributed by atoms with Crippen LogP contribution in [-0.4, -0.2) is 47.6 Å². The Bertz CT molecular complexity index is 513. The predicted molar refractivity (Wildman–Crippen MR) is 88.4 cm³/mol. The van der Waals surface area contributed by atoms with Gasteiger partial charge >= 0.3 is 173 Å². The molecule has 0 aromatic carbocycles. The van der Waals surface area contributed by atoms with Crippen LogP contribution in [0.15, 0.2) is 4.99 Å². The molecule has 2 heterocycles. The molecule has 6 nitrogen and oxygen atoms in total. The number of nitrogens with one attached hydrogen (secondary N) is 1. The first-order valence-electron chi connectivity index (χ1n) is 8.11. The summed E-state index contributed by atoms with van der Waals surface area (Å²) in [5, 5.41) is 3.75. The van der Waals surface area contributed by atoms with Crippen molar-refractivity contribution in [3.8, 4) is 0 Å². The molecule has 0 spiro atoms. The van der Waals surface area contributed by atoms with Crippen LogP contribution in [0.5, 0.6) is 0 Å². The Labute approximate surface area is 171 Å². The number of likely N-dealkylation sites (tertiary alicyclic amines) is 1. The van der Waals surface area contributed by atoms with E-state index in [-0.39, 0.29) is 54.6 Å². The standard InChI is InChI=1S/C15H24N3O3S.Ra.H/c1-15(2,3)21-14(20)18-7-5-10(6-8-18)9-11-12(19)17-13(16-4)22-11;;/h10H,5-9H2,1-4H3,(H,16,17,19);;. The molecule has 1 fully saturated rings. The van der Waals surface area contributed by atoms with Crippen LogP contribution in [0, 0.1) is 48.7 Å². The number of piperidine rings is 1. The third-order valence-corrected chi connectivity index (χ3v) is 11.4. The Hall–Kier alpha value is 0.228. The molecular weight excluding hydrogens is 528 g/mol. The van der Waals surface area contributed by atoms with Gasteiger partial charge < -0.3 is 0 Å². The van der Waals surface area contributed by atoms with E-state index < -0.39 is 5.60 Å². The first-order chi connectivity index (χ1) is 10.6. The Balaban J connectivity index is 1.84. The first-order valence-corrected chi connectivity index (χ1v) is 13.0. The second-order valence-corrected chi connectivity index (χ2v) is 18.9. The molecule has 1 saturated heterocycles. The number of amides is 2. The van der Waals surface area contributed by atoms with Crippen LogP contribution >= 0.6 is 11.8 Å². The van der Waals surface area contributed by atoms with Crippen molar-refractivity contribution in [1.82, 2.24) is 10.2 Å². The molecule has 1 unspecified atom stereocenters. The van der Waals surface area contributed by atoms with E-state index in [1.54, 1.807) is 16.7 Å². The second kappa shape index (κ2) is 7.63. The van der Waals surface area contributed by atoms with E-state index in [0.717, 1.165) is 24.4 Å². The fourth-order valence-corrected chi connectivity index (χ4v) is 9.25. The van der Waals surface area contributed by atoms with Gasteiger partial charge in [-0.25, -0.2) is 0 Å². The van der Waals surface area contributed by atoms with Crippen LogP contribution < -0.4 is 5.32 Å². The van der Waals surface area contributed by atoms with Crippen molar-refractivity contribution in [2.75, 3.05) is 20.1 Å². The molecule has 23 heavy (non-hydrogen) atoms. The number of rotatable bonds is 2. The van der Waals surface area contributed by atoms with Crippen LogP contribution in [0.4, 0.5) is 4.79 Å². The van der Waals surface area contributed by atoms with Gasteiger partial charge in [-0.3, -0.25) is 0 Å². The van der Waals surface area contributed by atoms with E-state index in [2.05, 4.69) is 10.3 Å². The molecule has 0 saturated carbocycles. The van der Waals surface area contributed by atoms with Gasteiger partial charge in [0, 0.05) is 0 Å². The molecule has 0 aromatic rings. The summed E-state index contributed by atoms with van der Waals surface area (Å²) in [7, 11) is 1.81. The summed E-state index contributed by atoms with van der Waals surface area (Å²) in [5.41, 5.74) is -0.454. The number of ether oxygens (including phenoxy) is 1. The van der Waals surface area contributed by atoms with Crippen molar-refractivity contribution in [2.24, 2.45) is 10.9 Å². The Morgan fingerprint density at radius 1 is 1.48 bits per heavy atom. The monoisotopic (exact) mass is 553 g/mol. The summed E-state index contributed by atoms with van der Waals surface area (Å²) >= 11 is 1.62. The quantitative estimate of drug-likeness (QED) is 0.566. The average Bonchev–Trinajstić information content (AvgIpc) is 2.73. The normalized spacial score (nSPS) is 26.1. The Morgan fingerprint density at radius 2 is 2.09 bits per heavy atom. The fraction of sp³-hybridized carbons (Fsp3) is 0.800. The van der Waals surface area contributed by atoms with Crippen molar-refractivity contribution in [1.29, 1.82) is 0 Å². The van der Waals surface area contributed by atoms with Crippen molar-refractivity contribution in [3.05, 3.63) is 0 Å². The van der Waals surface area contributed by atoms with Crippen molar-refractivity contribution in [3.63, 3.8) is 0 Å². The number of hydrogen-bond acceptors (Lipinski definition) is 5. The number of hydrogen-bond donors (Lipinski definition) is 1. The summed E-state index contributed by atoms with van der Waals surface area (Å²) < 4.78 is 5.18. The molecular formula is C15H25N3O3RaS. The minimum atomic E-state index is -0.454. The van der Waals surface area contributed by atoms with Crippen molar-refractivity contribution in [2.45, 2.75) is 45.4 Å². The third kappa shape index (κ3) is 5.35. The predicted octanol–water partition coefficient (Wildman–Crippen LogP) is 1.85. The van der Waals surface area contributed by atoms with Crippen molar-refractivity contribution < 1.29 is 57.1 Å². The molecule has 0 bridgehead atoms. The van der Waals surface area contributed by atoms with E-state index in [0.29, 0.717) is 19.0 Å². The SMILES string of the molecule is CNC1=NC(=O)[C]([RaH])(CC2CCN(C(=O)OC(C)(C)C)CC2)S1. The summed E-state index contributed by atoms with van der Waals surface area (Å²) in [4.78, 5) is 30.2. The summed E-state index contributed by atoms with van der Waals surface area (Å²) in [6.07, 6.45) is 2.55. The number of nitrogens with zero attached hydrogens (tertiary/aromatic N) is 2. The van der Waals surface area contributed by atoms with Gasteiger partial charge in [0.05, 0.1) is 0 Å². The van der Waals surface area contributed by atoms with Gasteiger partial charge in [-0.1, -0.05) is 0 Å². The van der Waals surface area contributed by atoms with Crippen LogP contribution in [0.3, 0.4) is 0 Å². The maximum atomic E-state index is 12.2. The van der Waals surface area contributed by atoms with E-state index in [1.807, 2.05) is 27.8 Å². The molecule has 2 amide bonds. The van der Waals surface area contributed by atoms with Crippen LogP contribution in [0.2, 0.25) is 0 Å². The summed E-state index contributed by atoms with van der Waals surface area (Å²) in [6.45, 7) is 7.08. The van der Waals surface area contributed by atoms with Gasteiger partial charge in [-0.15, -0.1) is 0 Å². The van der Waals surface area contributed by atoms with E-state index >= 15 is 0 Å². The molecule has 1 atom stereocenters. The van der Waals surface area contributed by atoms with Gasteiger partial charge in [0.2, 0.25) is 0 Å². The number of carbonyl (C=O) groups is 2. The summed E-state index contributed by atoms with van der Waals surface area (Å²) in [5.74, 6) is 0.537. The van der Waals surface area contributed by atoms with Crippen LogP contribution in [0.25, 0.3) is 0 Å². The van der Waals surface area contributed by atoms with Gasteiger partial charge in [-0.2, -0.15) is 0 Å². The minimum absolute atomic E-state index is 0.00822. The molecule has 1 N–H and O–H groups in total. The molecule has 0 radical (unpaired) electrons. The Morgan fingerprint density at radius 3 is 2.57 bits per heavy atom. The molecule has 2 aliphatic rings. The van der Waals surface area contributed by atoms with Gasteiger partial charge in [0.1, 0.15) is 0 Å². The third-order valence-electron chi connectivity index (χ3n) is 4.14. The van der Waals surface area contributed by atoms with Crippen molar-refractivity contribution >= 4 is 28.9 Å². The fourth-order valence-electron chi connectivity index (χ4n) is 2.92.